The minimum absolute atomic E-state index is 0.0359. The number of benzene rings is 1. The molecule has 0 radical (unpaired) electrons. The van der Waals surface area contributed by atoms with E-state index in [2.05, 4.69) is 10.6 Å². The Morgan fingerprint density at radius 2 is 2.06 bits per heavy atom. The van der Waals surface area contributed by atoms with Gasteiger partial charge >= 0.3 is 0 Å². The molecule has 1 aromatic carbocycles. The summed E-state index contributed by atoms with van der Waals surface area (Å²) in [6, 6.07) is 5.34. The summed E-state index contributed by atoms with van der Waals surface area (Å²) < 4.78 is 10.3. The number of carbonyl (C=O) groups is 1. The molecule has 5 nitrogen and oxygen atoms in total. The van der Waals surface area contributed by atoms with Crippen LogP contribution in [-0.4, -0.2) is 33.2 Å². The van der Waals surface area contributed by atoms with Crippen molar-refractivity contribution in [1.29, 1.82) is 0 Å². The van der Waals surface area contributed by atoms with Gasteiger partial charge in [-0.05, 0) is 31.1 Å². The van der Waals surface area contributed by atoms with Crippen LogP contribution in [0.15, 0.2) is 18.2 Å². The van der Waals surface area contributed by atoms with Crippen molar-refractivity contribution in [3.63, 3.8) is 0 Å². The van der Waals surface area contributed by atoms with E-state index in [0.717, 1.165) is 18.8 Å². The second kappa shape index (κ2) is 5.73. The Bertz CT molecular complexity index is 430. The van der Waals surface area contributed by atoms with Gasteiger partial charge in [0.15, 0.2) is 11.5 Å². The number of anilines is 1. The molecule has 0 spiro atoms. The zero-order chi connectivity index (χ0) is 13.0. The molecule has 5 heteroatoms. The van der Waals surface area contributed by atoms with Gasteiger partial charge in [-0.25, -0.2) is 0 Å². The van der Waals surface area contributed by atoms with E-state index in [9.17, 15) is 4.79 Å². The molecule has 0 unspecified atom stereocenters. The van der Waals surface area contributed by atoms with E-state index >= 15 is 0 Å². The lowest BCUT2D eigenvalue weighted by Gasteiger charge is -2.26. The van der Waals surface area contributed by atoms with Gasteiger partial charge in [-0.15, -0.1) is 0 Å². The van der Waals surface area contributed by atoms with Crippen LogP contribution < -0.4 is 20.1 Å². The second-order valence-electron chi connectivity index (χ2n) is 4.35. The van der Waals surface area contributed by atoms with Crippen LogP contribution >= 0.6 is 0 Å². The Labute approximate surface area is 106 Å². The molecule has 0 aromatic heterocycles. The third-order valence-corrected chi connectivity index (χ3v) is 3.01. The molecule has 1 amide bonds. The highest BCUT2D eigenvalue weighted by Crippen LogP contribution is 2.29. The maximum Gasteiger partial charge on any atom is 0.224 e. The summed E-state index contributed by atoms with van der Waals surface area (Å²) in [6.45, 7) is 1.86. The fraction of sp³-hybridized carbons (Fsp3) is 0.462. The lowest BCUT2D eigenvalue weighted by atomic mass is 9.99. The van der Waals surface area contributed by atoms with Gasteiger partial charge < -0.3 is 20.1 Å². The van der Waals surface area contributed by atoms with Gasteiger partial charge in [-0.2, -0.15) is 0 Å². The lowest BCUT2D eigenvalue weighted by Crippen LogP contribution is -2.43. The zero-order valence-corrected chi connectivity index (χ0v) is 10.7. The second-order valence-corrected chi connectivity index (χ2v) is 4.35. The predicted octanol–water partition coefficient (Wildman–Crippen LogP) is 1.25. The van der Waals surface area contributed by atoms with Crippen LogP contribution in [0.5, 0.6) is 11.5 Å². The summed E-state index contributed by atoms with van der Waals surface area (Å²) in [4.78, 5) is 11.8. The maximum absolute atomic E-state index is 11.8. The number of amides is 1. The summed E-state index contributed by atoms with van der Waals surface area (Å²) in [5.74, 6) is 1.76. The van der Waals surface area contributed by atoms with Crippen molar-refractivity contribution < 1.29 is 14.3 Å². The van der Waals surface area contributed by atoms with Crippen molar-refractivity contribution in [1.82, 2.24) is 5.32 Å². The predicted molar refractivity (Wildman–Crippen MR) is 69.2 cm³/mol. The van der Waals surface area contributed by atoms with Crippen LogP contribution in [0.4, 0.5) is 5.69 Å². The molecular formula is C13H18N2O3. The third kappa shape index (κ3) is 2.92. The van der Waals surface area contributed by atoms with Gasteiger partial charge in [0, 0.05) is 18.2 Å². The fourth-order valence-corrected chi connectivity index (χ4v) is 1.88. The van der Waals surface area contributed by atoms with Crippen LogP contribution in [0.3, 0.4) is 0 Å². The van der Waals surface area contributed by atoms with Crippen molar-refractivity contribution in [2.45, 2.75) is 6.42 Å². The molecule has 1 aromatic rings. The van der Waals surface area contributed by atoms with Crippen molar-refractivity contribution in [3.05, 3.63) is 18.2 Å². The van der Waals surface area contributed by atoms with E-state index in [0.29, 0.717) is 23.8 Å². The smallest absolute Gasteiger partial charge is 0.224 e. The maximum atomic E-state index is 11.8. The first-order valence-electron chi connectivity index (χ1n) is 5.95. The molecular weight excluding hydrogens is 232 g/mol. The van der Waals surface area contributed by atoms with Crippen LogP contribution in [0, 0.1) is 5.92 Å². The van der Waals surface area contributed by atoms with Gasteiger partial charge in [0.1, 0.15) is 0 Å². The Morgan fingerprint density at radius 3 is 2.61 bits per heavy atom. The number of methoxy groups -OCH3 is 2. The normalized spacial score (nSPS) is 14.8. The molecule has 1 saturated heterocycles. The number of hydrogen-bond acceptors (Lipinski definition) is 4. The van der Waals surface area contributed by atoms with Gasteiger partial charge in [0.2, 0.25) is 5.91 Å². The minimum atomic E-state index is 0.0359. The van der Waals surface area contributed by atoms with E-state index in [1.165, 1.54) is 0 Å². The van der Waals surface area contributed by atoms with Crippen LogP contribution in [0.1, 0.15) is 6.42 Å². The Hall–Kier alpha value is -1.75. The van der Waals surface area contributed by atoms with Gasteiger partial charge in [-0.3, -0.25) is 4.79 Å². The highest BCUT2D eigenvalue weighted by molar-refractivity contribution is 5.91. The molecule has 0 atom stereocenters. The number of nitrogens with one attached hydrogen (secondary N) is 2. The molecule has 18 heavy (non-hydrogen) atoms. The fourth-order valence-electron chi connectivity index (χ4n) is 1.88. The molecule has 0 saturated carbocycles. The Morgan fingerprint density at radius 1 is 1.33 bits per heavy atom. The lowest BCUT2D eigenvalue weighted by molar-refractivity contribution is -0.117. The third-order valence-electron chi connectivity index (χ3n) is 3.01. The summed E-state index contributed by atoms with van der Waals surface area (Å²) in [6.07, 6.45) is 0.557. The average Bonchev–Trinajstić information content (AvgIpc) is 2.33. The van der Waals surface area contributed by atoms with Crippen molar-refractivity contribution in [3.8, 4) is 11.5 Å². The standard InChI is InChI=1S/C13H18N2O3/c1-17-11-4-3-10(6-12(11)18-2)15-13(16)5-9-7-14-8-9/h3-4,6,9,14H,5,7-8H2,1-2H3,(H,15,16). The summed E-state index contributed by atoms with van der Waals surface area (Å²) in [5, 5.41) is 6.01. The monoisotopic (exact) mass is 250 g/mol. The quantitative estimate of drug-likeness (QED) is 0.825. The molecule has 0 aliphatic carbocycles. The van der Waals surface area contributed by atoms with Gasteiger partial charge in [-0.1, -0.05) is 0 Å². The number of hydrogen-bond donors (Lipinski definition) is 2. The summed E-state index contributed by atoms with van der Waals surface area (Å²) >= 11 is 0. The molecule has 0 bridgehead atoms. The topological polar surface area (TPSA) is 59.6 Å². The first-order chi connectivity index (χ1) is 8.72. The van der Waals surface area contributed by atoms with Crippen LogP contribution in [0.25, 0.3) is 0 Å². The van der Waals surface area contributed by atoms with E-state index in [1.54, 1.807) is 32.4 Å². The van der Waals surface area contributed by atoms with Crippen LogP contribution in [-0.2, 0) is 4.79 Å². The molecule has 1 aliphatic heterocycles. The molecule has 1 heterocycles. The largest absolute Gasteiger partial charge is 0.493 e. The van der Waals surface area contributed by atoms with Gasteiger partial charge in [0.05, 0.1) is 14.2 Å². The molecule has 1 fully saturated rings. The number of carbonyl (C=O) groups excluding carboxylic acids is 1. The van der Waals surface area contributed by atoms with Gasteiger partial charge in [0.25, 0.3) is 0 Å². The SMILES string of the molecule is COc1ccc(NC(=O)CC2CNC2)cc1OC. The highest BCUT2D eigenvalue weighted by Gasteiger charge is 2.20. The first kappa shape index (κ1) is 12.7. The Balaban J connectivity index is 1.97. The highest BCUT2D eigenvalue weighted by atomic mass is 16.5. The van der Waals surface area contributed by atoms with E-state index in [-0.39, 0.29) is 5.91 Å². The molecule has 1 aliphatic rings. The molecule has 2 N–H and O–H groups in total. The van der Waals surface area contributed by atoms with Crippen molar-refractivity contribution in [2.24, 2.45) is 5.92 Å². The van der Waals surface area contributed by atoms with E-state index < -0.39 is 0 Å². The average molecular weight is 250 g/mol. The zero-order valence-electron chi connectivity index (χ0n) is 10.7. The van der Waals surface area contributed by atoms with E-state index in [1.807, 2.05) is 0 Å². The first-order valence-corrected chi connectivity index (χ1v) is 5.95. The summed E-state index contributed by atoms with van der Waals surface area (Å²) in [7, 11) is 3.16. The minimum Gasteiger partial charge on any atom is -0.493 e. The van der Waals surface area contributed by atoms with Crippen LogP contribution in [0.2, 0.25) is 0 Å². The summed E-state index contributed by atoms with van der Waals surface area (Å²) in [5.41, 5.74) is 0.727. The number of ether oxygens (including phenoxy) is 2. The van der Waals surface area contributed by atoms with E-state index in [4.69, 9.17) is 9.47 Å². The molecule has 98 valence electrons. The molecule has 2 rings (SSSR count). The number of rotatable bonds is 5. The van der Waals surface area contributed by atoms with Crippen molar-refractivity contribution in [2.75, 3.05) is 32.6 Å². The Kier molecular flexibility index (Phi) is 4.04. The van der Waals surface area contributed by atoms with Crippen molar-refractivity contribution >= 4 is 11.6 Å².